The molecule has 7 nitrogen and oxygen atoms in total. The number of aryl methyl sites for hydroxylation is 1. The highest BCUT2D eigenvalue weighted by Crippen LogP contribution is 2.36. The summed E-state index contributed by atoms with van der Waals surface area (Å²) < 4.78 is 13.5. The summed E-state index contributed by atoms with van der Waals surface area (Å²) in [5.41, 5.74) is 4.71. The molecule has 1 amide bonds. The number of aromatic nitrogens is 1. The van der Waals surface area contributed by atoms with Crippen LogP contribution in [0.3, 0.4) is 0 Å². The predicted molar refractivity (Wildman–Crippen MR) is 157 cm³/mol. The topological polar surface area (TPSA) is 73.1 Å². The smallest absolute Gasteiger partial charge is 0.271 e. The van der Waals surface area contributed by atoms with Gasteiger partial charge in [-0.25, -0.2) is 4.99 Å². The summed E-state index contributed by atoms with van der Waals surface area (Å²) >= 11 is 1.34. The molecule has 0 unspecified atom stereocenters. The van der Waals surface area contributed by atoms with Crippen molar-refractivity contribution in [1.29, 1.82) is 0 Å². The van der Waals surface area contributed by atoms with Gasteiger partial charge in [0.25, 0.3) is 11.5 Å². The van der Waals surface area contributed by atoms with Crippen LogP contribution in [0.25, 0.3) is 6.08 Å². The summed E-state index contributed by atoms with van der Waals surface area (Å²) in [4.78, 5) is 35.0. The van der Waals surface area contributed by atoms with Crippen molar-refractivity contribution in [1.82, 2.24) is 9.47 Å². The quantitative estimate of drug-likeness (QED) is 0.415. The van der Waals surface area contributed by atoms with E-state index < -0.39 is 6.04 Å². The fraction of sp³-hybridized carbons (Fsp3) is 0.387. The maximum atomic E-state index is 14.1. The second-order valence-corrected chi connectivity index (χ2v) is 10.9. The van der Waals surface area contributed by atoms with E-state index >= 15 is 0 Å². The molecule has 2 heterocycles. The van der Waals surface area contributed by atoms with Gasteiger partial charge in [-0.15, -0.1) is 0 Å². The normalized spacial score (nSPS) is 15.3. The van der Waals surface area contributed by atoms with E-state index in [9.17, 15) is 9.59 Å². The lowest BCUT2D eigenvalue weighted by atomic mass is 9.94. The first kappa shape index (κ1) is 28.4. The highest BCUT2D eigenvalue weighted by molar-refractivity contribution is 7.07. The standard InChI is InChI=1S/C31H37N3O4S/c1-9-33(10-2)30(36)27-20(6)32-31-34(28(27)22-13-11-12-14-24(22)37-7)29(35)26(39-31)17-21-16-23(18(3)4)25(38-8)15-19(21)5/h11-18,28H,9-10H2,1-8H3/b26-17+/t28-/m0/s1. The molecule has 0 fully saturated rings. The summed E-state index contributed by atoms with van der Waals surface area (Å²) in [6, 6.07) is 11.0. The number of carbonyl (C=O) groups is 1. The van der Waals surface area contributed by atoms with Crippen molar-refractivity contribution in [3.8, 4) is 11.5 Å². The first-order valence-electron chi connectivity index (χ1n) is 13.3. The van der Waals surface area contributed by atoms with Crippen molar-refractivity contribution in [2.24, 2.45) is 4.99 Å². The Morgan fingerprint density at radius 1 is 1.10 bits per heavy atom. The maximum absolute atomic E-state index is 14.1. The Morgan fingerprint density at radius 2 is 1.77 bits per heavy atom. The van der Waals surface area contributed by atoms with Gasteiger partial charge in [0, 0.05) is 18.7 Å². The van der Waals surface area contributed by atoms with Crippen molar-refractivity contribution in [3.63, 3.8) is 0 Å². The number of nitrogens with zero attached hydrogens (tertiary/aromatic N) is 3. The van der Waals surface area contributed by atoms with E-state index in [2.05, 4.69) is 19.9 Å². The van der Waals surface area contributed by atoms with Gasteiger partial charge in [0.15, 0.2) is 4.80 Å². The van der Waals surface area contributed by atoms with Crippen molar-refractivity contribution in [3.05, 3.63) is 89.6 Å². The van der Waals surface area contributed by atoms with Crippen LogP contribution in [0.5, 0.6) is 11.5 Å². The zero-order valence-electron chi connectivity index (χ0n) is 24.0. The van der Waals surface area contributed by atoms with Crippen LogP contribution in [-0.2, 0) is 4.79 Å². The van der Waals surface area contributed by atoms with Crippen molar-refractivity contribution in [2.45, 2.75) is 53.5 Å². The van der Waals surface area contributed by atoms with Gasteiger partial charge < -0.3 is 14.4 Å². The van der Waals surface area contributed by atoms with E-state index in [1.54, 1.807) is 23.7 Å². The molecule has 4 rings (SSSR count). The second kappa shape index (κ2) is 11.6. The molecule has 0 aliphatic carbocycles. The first-order valence-corrected chi connectivity index (χ1v) is 14.1. The Balaban J connectivity index is 2.00. The number of thiazole rings is 1. The Labute approximate surface area is 233 Å². The van der Waals surface area contributed by atoms with E-state index in [-0.39, 0.29) is 17.4 Å². The van der Waals surface area contributed by atoms with E-state index in [4.69, 9.17) is 14.5 Å². The van der Waals surface area contributed by atoms with Gasteiger partial charge in [0.1, 0.15) is 17.5 Å². The van der Waals surface area contributed by atoms with Gasteiger partial charge in [0.05, 0.1) is 30.0 Å². The number of ether oxygens (including phenoxy) is 2. The average molecular weight is 548 g/mol. The summed E-state index contributed by atoms with van der Waals surface area (Å²) in [5.74, 6) is 1.59. The number of para-hydroxylation sites is 1. The molecule has 39 heavy (non-hydrogen) atoms. The van der Waals surface area contributed by atoms with Crippen molar-refractivity contribution < 1.29 is 14.3 Å². The third kappa shape index (κ3) is 5.17. The van der Waals surface area contributed by atoms with Crippen LogP contribution < -0.4 is 24.4 Å². The van der Waals surface area contributed by atoms with E-state index in [1.807, 2.05) is 64.1 Å². The molecule has 0 radical (unpaired) electrons. The molecule has 1 aliphatic heterocycles. The Hall–Kier alpha value is -3.65. The van der Waals surface area contributed by atoms with Crippen molar-refractivity contribution in [2.75, 3.05) is 27.3 Å². The minimum absolute atomic E-state index is 0.126. The second-order valence-electron chi connectivity index (χ2n) is 9.91. The number of likely N-dealkylation sites (N-methyl/N-ethyl adjacent to an activating group) is 1. The minimum Gasteiger partial charge on any atom is -0.496 e. The molecular formula is C31H37N3O4S. The predicted octanol–water partition coefficient (Wildman–Crippen LogP) is 4.55. The number of allylic oxidation sites excluding steroid dienone is 1. The van der Waals surface area contributed by atoms with Gasteiger partial charge in [-0.3, -0.25) is 14.2 Å². The van der Waals surface area contributed by atoms with Crippen LogP contribution in [0.2, 0.25) is 0 Å². The number of fused-ring (bicyclic) bond motifs is 1. The molecule has 1 aromatic heterocycles. The summed E-state index contributed by atoms with van der Waals surface area (Å²) in [6.07, 6.45) is 1.93. The zero-order chi connectivity index (χ0) is 28.4. The van der Waals surface area contributed by atoms with Crippen LogP contribution in [0.1, 0.15) is 68.8 Å². The average Bonchev–Trinajstić information content (AvgIpc) is 3.23. The van der Waals surface area contributed by atoms with Gasteiger partial charge >= 0.3 is 0 Å². The lowest BCUT2D eigenvalue weighted by Gasteiger charge is -2.29. The number of benzene rings is 2. The van der Waals surface area contributed by atoms with Gasteiger partial charge in [-0.05, 0) is 74.6 Å². The highest BCUT2D eigenvalue weighted by atomic mass is 32.1. The van der Waals surface area contributed by atoms with E-state index in [0.29, 0.717) is 39.4 Å². The highest BCUT2D eigenvalue weighted by Gasteiger charge is 2.35. The maximum Gasteiger partial charge on any atom is 0.271 e. The zero-order valence-corrected chi connectivity index (χ0v) is 24.8. The molecule has 1 atom stereocenters. The molecule has 0 bridgehead atoms. The molecule has 0 spiro atoms. The van der Waals surface area contributed by atoms with Gasteiger partial charge in [-0.2, -0.15) is 0 Å². The Morgan fingerprint density at radius 3 is 2.38 bits per heavy atom. The molecule has 2 aromatic carbocycles. The fourth-order valence-corrected chi connectivity index (χ4v) is 6.14. The molecule has 3 aromatic rings. The van der Waals surface area contributed by atoms with Crippen LogP contribution in [0.4, 0.5) is 0 Å². The fourth-order valence-electron chi connectivity index (χ4n) is 5.10. The van der Waals surface area contributed by atoms with Crippen LogP contribution >= 0.6 is 11.3 Å². The third-order valence-electron chi connectivity index (χ3n) is 7.26. The molecule has 1 aliphatic rings. The molecule has 0 saturated carbocycles. The van der Waals surface area contributed by atoms with Crippen LogP contribution in [-0.4, -0.2) is 42.7 Å². The number of amides is 1. The van der Waals surface area contributed by atoms with E-state index in [1.165, 1.54) is 11.3 Å². The SMILES string of the molecule is CCN(CC)C(=O)C1=C(C)N=c2s/c(=C/c3cc(C(C)C)c(OC)cc3C)c(=O)n2[C@H]1c1ccccc1OC. The lowest BCUT2D eigenvalue weighted by molar-refractivity contribution is -0.127. The number of carbonyl (C=O) groups excluding carboxylic acids is 1. The molecule has 0 N–H and O–H groups in total. The number of hydrogen-bond donors (Lipinski definition) is 0. The lowest BCUT2D eigenvalue weighted by Crippen LogP contribution is -2.43. The first-order chi connectivity index (χ1) is 18.7. The monoisotopic (exact) mass is 547 g/mol. The number of methoxy groups -OCH3 is 2. The largest absolute Gasteiger partial charge is 0.496 e. The molecular weight excluding hydrogens is 510 g/mol. The summed E-state index contributed by atoms with van der Waals surface area (Å²) in [5, 5.41) is 0. The molecule has 206 valence electrons. The number of rotatable bonds is 8. The molecule has 8 heteroatoms. The van der Waals surface area contributed by atoms with Crippen LogP contribution in [0.15, 0.2) is 57.5 Å². The third-order valence-corrected chi connectivity index (χ3v) is 8.25. The molecule has 0 saturated heterocycles. The minimum atomic E-state index is -0.657. The van der Waals surface area contributed by atoms with Gasteiger partial charge in [0.2, 0.25) is 0 Å². The summed E-state index contributed by atoms with van der Waals surface area (Å²) in [6.45, 7) is 13.1. The number of hydrogen-bond acceptors (Lipinski definition) is 6. The Kier molecular flexibility index (Phi) is 8.45. The van der Waals surface area contributed by atoms with Crippen LogP contribution in [0, 0.1) is 6.92 Å². The van der Waals surface area contributed by atoms with Gasteiger partial charge in [-0.1, -0.05) is 43.4 Å². The van der Waals surface area contributed by atoms with E-state index in [0.717, 1.165) is 28.0 Å². The Bertz CT molecular complexity index is 1610. The van der Waals surface area contributed by atoms with Crippen molar-refractivity contribution >= 4 is 23.3 Å². The summed E-state index contributed by atoms with van der Waals surface area (Å²) in [7, 11) is 3.28.